The van der Waals surface area contributed by atoms with E-state index >= 15 is 0 Å². The van der Waals surface area contributed by atoms with Gasteiger partial charge in [0.15, 0.2) is 0 Å². The highest BCUT2D eigenvalue weighted by Crippen LogP contribution is 2.20. The van der Waals surface area contributed by atoms with E-state index < -0.39 is 11.8 Å². The Bertz CT molecular complexity index is 805. The van der Waals surface area contributed by atoms with Crippen LogP contribution < -0.4 is 16.0 Å². The Morgan fingerprint density at radius 2 is 1.50 bits per heavy atom. The summed E-state index contributed by atoms with van der Waals surface area (Å²) in [6.07, 6.45) is 0. The lowest BCUT2D eigenvalue weighted by atomic mass is 10.2. The summed E-state index contributed by atoms with van der Waals surface area (Å²) >= 11 is 5.85. The first-order valence-corrected chi connectivity index (χ1v) is 7.49. The average Bonchev–Trinajstić information content (AvgIpc) is 2.49. The molecular weight excluding hydrogens is 330 g/mol. The molecule has 0 aliphatic heterocycles. The Morgan fingerprint density at radius 3 is 2.12 bits per heavy atom. The highest BCUT2D eigenvalue weighted by molar-refractivity contribution is 6.43. The maximum Gasteiger partial charge on any atom is 0.314 e. The summed E-state index contributed by atoms with van der Waals surface area (Å²) in [6.45, 7) is 3.16. The predicted molar refractivity (Wildman–Crippen MR) is 94.2 cm³/mol. The highest BCUT2D eigenvalue weighted by Gasteiger charge is 2.15. The lowest BCUT2D eigenvalue weighted by molar-refractivity contribution is -0.133. The lowest BCUT2D eigenvalue weighted by Gasteiger charge is -2.10. The fraction of sp³-hybridized carbons (Fsp3) is 0.118. The van der Waals surface area contributed by atoms with E-state index in [-0.39, 0.29) is 5.91 Å². The van der Waals surface area contributed by atoms with Gasteiger partial charge in [0.2, 0.25) is 5.91 Å². The SMILES string of the molecule is CC(=O)Nc1cccc(NC(=O)C(=O)Nc2ccc(Cl)cc2C)c1. The Labute approximate surface area is 144 Å². The normalized spacial score (nSPS) is 9.96. The molecule has 0 fully saturated rings. The zero-order valence-corrected chi connectivity index (χ0v) is 13.9. The van der Waals surface area contributed by atoms with Crippen molar-refractivity contribution < 1.29 is 14.4 Å². The predicted octanol–water partition coefficient (Wildman–Crippen LogP) is 3.18. The second kappa shape index (κ2) is 7.61. The molecule has 0 radical (unpaired) electrons. The molecule has 3 amide bonds. The number of benzene rings is 2. The quantitative estimate of drug-likeness (QED) is 0.746. The van der Waals surface area contributed by atoms with E-state index in [0.717, 1.165) is 5.56 Å². The molecule has 0 heterocycles. The Kier molecular flexibility index (Phi) is 5.55. The van der Waals surface area contributed by atoms with Crippen molar-refractivity contribution in [3.8, 4) is 0 Å². The summed E-state index contributed by atoms with van der Waals surface area (Å²) in [7, 11) is 0. The molecular formula is C17H16ClN3O3. The Balaban J connectivity index is 2.03. The number of anilines is 3. The highest BCUT2D eigenvalue weighted by atomic mass is 35.5. The molecule has 0 unspecified atom stereocenters. The third-order valence-corrected chi connectivity index (χ3v) is 3.32. The number of carbonyl (C=O) groups excluding carboxylic acids is 3. The van der Waals surface area contributed by atoms with Gasteiger partial charge in [0.1, 0.15) is 0 Å². The van der Waals surface area contributed by atoms with E-state index in [1.165, 1.54) is 6.92 Å². The van der Waals surface area contributed by atoms with Crippen LogP contribution >= 0.6 is 11.6 Å². The van der Waals surface area contributed by atoms with Gasteiger partial charge in [-0.2, -0.15) is 0 Å². The standard InChI is InChI=1S/C17H16ClN3O3/c1-10-8-12(18)6-7-15(10)21-17(24)16(23)20-14-5-3-4-13(9-14)19-11(2)22/h3-9H,1-2H3,(H,19,22)(H,20,23)(H,21,24). The lowest BCUT2D eigenvalue weighted by Crippen LogP contribution is -2.29. The molecule has 124 valence electrons. The molecule has 0 saturated heterocycles. The third-order valence-electron chi connectivity index (χ3n) is 3.08. The maximum atomic E-state index is 12.0. The molecule has 2 aromatic rings. The first-order valence-electron chi connectivity index (χ1n) is 7.11. The minimum atomic E-state index is -0.815. The van der Waals surface area contributed by atoms with Crippen LogP contribution in [0.5, 0.6) is 0 Å². The largest absolute Gasteiger partial charge is 0.326 e. The molecule has 0 aromatic heterocycles. The van der Waals surface area contributed by atoms with E-state index in [4.69, 9.17) is 11.6 Å². The molecule has 24 heavy (non-hydrogen) atoms. The minimum Gasteiger partial charge on any atom is -0.326 e. The monoisotopic (exact) mass is 345 g/mol. The minimum absolute atomic E-state index is 0.227. The second-order valence-corrected chi connectivity index (χ2v) is 5.57. The summed E-state index contributed by atoms with van der Waals surface area (Å²) < 4.78 is 0. The Morgan fingerprint density at radius 1 is 0.875 bits per heavy atom. The number of aryl methyl sites for hydroxylation is 1. The maximum absolute atomic E-state index is 12.0. The van der Waals surface area contributed by atoms with Gasteiger partial charge in [-0.1, -0.05) is 17.7 Å². The first kappa shape index (κ1) is 17.5. The molecule has 6 nitrogen and oxygen atoms in total. The molecule has 7 heteroatoms. The van der Waals surface area contributed by atoms with E-state index in [0.29, 0.717) is 22.1 Å². The van der Waals surface area contributed by atoms with Crippen molar-refractivity contribution in [1.29, 1.82) is 0 Å². The number of halogens is 1. The van der Waals surface area contributed by atoms with Gasteiger partial charge >= 0.3 is 11.8 Å². The smallest absolute Gasteiger partial charge is 0.314 e. The zero-order chi connectivity index (χ0) is 17.7. The Hall–Kier alpha value is -2.86. The van der Waals surface area contributed by atoms with Crippen molar-refractivity contribution in [2.45, 2.75) is 13.8 Å². The van der Waals surface area contributed by atoms with Gasteiger partial charge in [-0.25, -0.2) is 0 Å². The van der Waals surface area contributed by atoms with E-state index in [9.17, 15) is 14.4 Å². The van der Waals surface area contributed by atoms with Crippen LogP contribution in [0.1, 0.15) is 12.5 Å². The van der Waals surface area contributed by atoms with Crippen LogP contribution in [-0.2, 0) is 14.4 Å². The molecule has 2 aromatic carbocycles. The topological polar surface area (TPSA) is 87.3 Å². The number of amides is 3. The summed E-state index contributed by atoms with van der Waals surface area (Å²) in [5, 5.41) is 8.15. The number of hydrogen-bond acceptors (Lipinski definition) is 3. The van der Waals surface area contributed by atoms with Crippen LogP contribution in [-0.4, -0.2) is 17.7 Å². The third kappa shape index (κ3) is 4.82. The zero-order valence-electron chi connectivity index (χ0n) is 13.1. The van der Waals surface area contributed by atoms with Gasteiger partial charge in [0, 0.05) is 29.0 Å². The number of hydrogen-bond donors (Lipinski definition) is 3. The van der Waals surface area contributed by atoms with Crippen molar-refractivity contribution in [3.05, 3.63) is 53.1 Å². The van der Waals surface area contributed by atoms with Crippen molar-refractivity contribution in [2.24, 2.45) is 0 Å². The summed E-state index contributed by atoms with van der Waals surface area (Å²) in [5.74, 6) is -1.84. The van der Waals surface area contributed by atoms with Gasteiger partial charge in [-0.15, -0.1) is 0 Å². The number of rotatable bonds is 3. The van der Waals surface area contributed by atoms with E-state index in [1.807, 2.05) is 0 Å². The molecule has 0 bridgehead atoms. The summed E-state index contributed by atoms with van der Waals surface area (Å²) in [5.41, 5.74) is 2.17. The van der Waals surface area contributed by atoms with Crippen molar-refractivity contribution in [3.63, 3.8) is 0 Å². The summed E-state index contributed by atoms with van der Waals surface area (Å²) in [4.78, 5) is 35.0. The molecule has 0 spiro atoms. The molecule has 0 atom stereocenters. The van der Waals surface area contributed by atoms with Gasteiger partial charge in [-0.3, -0.25) is 14.4 Å². The van der Waals surface area contributed by atoms with Gasteiger partial charge in [0.25, 0.3) is 0 Å². The number of carbonyl (C=O) groups is 3. The van der Waals surface area contributed by atoms with Crippen LogP contribution in [0.15, 0.2) is 42.5 Å². The molecule has 2 rings (SSSR count). The molecule has 3 N–H and O–H groups in total. The van der Waals surface area contributed by atoms with Crippen LogP contribution in [0.3, 0.4) is 0 Å². The summed E-state index contributed by atoms with van der Waals surface area (Å²) in [6, 6.07) is 11.4. The molecule has 0 aliphatic rings. The van der Waals surface area contributed by atoms with Crippen LogP contribution in [0.25, 0.3) is 0 Å². The first-order chi connectivity index (χ1) is 11.3. The van der Waals surface area contributed by atoms with Crippen LogP contribution in [0.4, 0.5) is 17.1 Å². The van der Waals surface area contributed by atoms with Crippen LogP contribution in [0, 0.1) is 6.92 Å². The average molecular weight is 346 g/mol. The van der Waals surface area contributed by atoms with Crippen LogP contribution in [0.2, 0.25) is 5.02 Å². The van der Waals surface area contributed by atoms with Gasteiger partial charge in [0.05, 0.1) is 0 Å². The van der Waals surface area contributed by atoms with Gasteiger partial charge < -0.3 is 16.0 Å². The van der Waals surface area contributed by atoms with Crippen molar-refractivity contribution >= 4 is 46.4 Å². The fourth-order valence-electron chi connectivity index (χ4n) is 2.01. The van der Waals surface area contributed by atoms with Gasteiger partial charge in [-0.05, 0) is 48.9 Å². The fourth-order valence-corrected chi connectivity index (χ4v) is 2.24. The molecule has 0 saturated carbocycles. The van der Waals surface area contributed by atoms with Crippen molar-refractivity contribution in [1.82, 2.24) is 0 Å². The second-order valence-electron chi connectivity index (χ2n) is 5.13. The number of nitrogens with one attached hydrogen (secondary N) is 3. The molecule has 0 aliphatic carbocycles. The van der Waals surface area contributed by atoms with Crippen molar-refractivity contribution in [2.75, 3.05) is 16.0 Å². The van der Waals surface area contributed by atoms with E-state index in [2.05, 4.69) is 16.0 Å². The van der Waals surface area contributed by atoms with E-state index in [1.54, 1.807) is 49.4 Å².